The highest BCUT2D eigenvalue weighted by atomic mass is 32.2. The molecular formula is C13H15NO5S. The third-order valence-electron chi connectivity index (χ3n) is 2.36. The van der Waals surface area contributed by atoms with E-state index in [1.165, 1.54) is 36.0 Å². The van der Waals surface area contributed by atoms with Crippen molar-refractivity contribution in [3.63, 3.8) is 0 Å². The highest BCUT2D eigenvalue weighted by Gasteiger charge is 2.11. The highest BCUT2D eigenvalue weighted by Crippen LogP contribution is 2.12. The molecule has 1 aromatic carbocycles. The summed E-state index contributed by atoms with van der Waals surface area (Å²) < 4.78 is 4.94. The second-order valence-electron chi connectivity index (χ2n) is 3.94. The third kappa shape index (κ3) is 5.83. The number of Topliss-reactive ketones (excluding diaryl/α,β-unsaturated/α-hetero) is 1. The number of nitrogens with zero attached hydrogens (tertiary/aromatic N) is 1. The van der Waals surface area contributed by atoms with E-state index in [1.54, 1.807) is 0 Å². The molecule has 0 atom stereocenters. The van der Waals surface area contributed by atoms with Crippen molar-refractivity contribution < 1.29 is 19.2 Å². The van der Waals surface area contributed by atoms with Gasteiger partial charge in [0.25, 0.3) is 5.69 Å². The number of nitro benzene ring substituents is 1. The molecular weight excluding hydrogens is 282 g/mol. The molecule has 1 aromatic rings. The Hall–Kier alpha value is -1.89. The number of carbonyl (C=O) groups is 2. The maximum Gasteiger partial charge on any atom is 0.313 e. The van der Waals surface area contributed by atoms with E-state index < -0.39 is 10.9 Å². The van der Waals surface area contributed by atoms with Crippen LogP contribution in [-0.2, 0) is 20.9 Å². The van der Waals surface area contributed by atoms with Crippen LogP contribution in [0.5, 0.6) is 0 Å². The molecule has 108 valence electrons. The summed E-state index contributed by atoms with van der Waals surface area (Å²) in [6.45, 7) is 1.94. The van der Waals surface area contributed by atoms with Crippen molar-refractivity contribution in [2.75, 3.05) is 11.5 Å². The number of hydrogen-bond donors (Lipinski definition) is 0. The summed E-state index contributed by atoms with van der Waals surface area (Å²) in [7, 11) is 0. The molecule has 0 fully saturated rings. The number of carbonyl (C=O) groups excluding carboxylic acids is 2. The van der Waals surface area contributed by atoms with E-state index in [4.69, 9.17) is 4.74 Å². The molecule has 1 rings (SSSR count). The molecule has 0 unspecified atom stereocenters. The quantitative estimate of drug-likeness (QED) is 0.317. The van der Waals surface area contributed by atoms with E-state index in [0.29, 0.717) is 11.3 Å². The summed E-state index contributed by atoms with van der Waals surface area (Å²) in [6, 6.07) is 5.71. The first kappa shape index (κ1) is 16.2. The molecule has 0 N–H and O–H groups in total. The van der Waals surface area contributed by atoms with Crippen LogP contribution in [0, 0.1) is 10.1 Å². The number of hydrogen-bond acceptors (Lipinski definition) is 6. The van der Waals surface area contributed by atoms with Crippen molar-refractivity contribution in [1.29, 1.82) is 0 Å². The molecule has 0 aliphatic heterocycles. The van der Waals surface area contributed by atoms with Crippen LogP contribution in [0.15, 0.2) is 24.3 Å². The van der Waals surface area contributed by atoms with Crippen LogP contribution < -0.4 is 0 Å². The van der Waals surface area contributed by atoms with E-state index in [1.807, 2.05) is 6.92 Å². The van der Waals surface area contributed by atoms with Gasteiger partial charge in [0, 0.05) is 12.1 Å². The Morgan fingerprint density at radius 1 is 1.30 bits per heavy atom. The normalized spacial score (nSPS) is 10.1. The predicted molar refractivity (Wildman–Crippen MR) is 75.5 cm³/mol. The van der Waals surface area contributed by atoms with Crippen LogP contribution in [0.1, 0.15) is 18.9 Å². The van der Waals surface area contributed by atoms with Crippen molar-refractivity contribution in [2.45, 2.75) is 20.0 Å². The lowest BCUT2D eigenvalue weighted by atomic mass is 10.2. The average molecular weight is 297 g/mol. The first-order valence-electron chi connectivity index (χ1n) is 6.01. The van der Waals surface area contributed by atoms with Crippen molar-refractivity contribution in [2.24, 2.45) is 0 Å². The molecule has 0 spiro atoms. The largest absolute Gasteiger partial charge is 0.460 e. The highest BCUT2D eigenvalue weighted by molar-refractivity contribution is 7.99. The SMILES string of the molecule is CCSCC(=O)CC(=O)OCc1ccc([N+](=O)[O-])cc1. The Kier molecular flexibility index (Phi) is 6.72. The number of benzene rings is 1. The number of esters is 1. The maximum atomic E-state index is 11.4. The fourth-order valence-corrected chi connectivity index (χ4v) is 1.89. The molecule has 0 saturated heterocycles. The van der Waals surface area contributed by atoms with Crippen molar-refractivity contribution in [3.05, 3.63) is 39.9 Å². The molecule has 20 heavy (non-hydrogen) atoms. The summed E-state index contributed by atoms with van der Waals surface area (Å²) in [4.78, 5) is 32.7. The zero-order valence-corrected chi connectivity index (χ0v) is 11.9. The van der Waals surface area contributed by atoms with E-state index in [-0.39, 0.29) is 24.5 Å². The van der Waals surface area contributed by atoms with Crippen molar-refractivity contribution >= 4 is 29.2 Å². The van der Waals surface area contributed by atoms with Gasteiger partial charge in [-0.1, -0.05) is 6.92 Å². The standard InChI is InChI=1S/C13H15NO5S/c1-2-20-9-12(15)7-13(16)19-8-10-3-5-11(6-4-10)14(17)18/h3-6H,2,7-9H2,1H3. The van der Waals surface area contributed by atoms with Gasteiger partial charge in [-0.3, -0.25) is 19.7 Å². The summed E-state index contributed by atoms with van der Waals surface area (Å²) in [5, 5.41) is 10.5. The van der Waals surface area contributed by atoms with Gasteiger partial charge in [0.15, 0.2) is 5.78 Å². The van der Waals surface area contributed by atoms with Gasteiger partial charge < -0.3 is 4.74 Å². The van der Waals surface area contributed by atoms with E-state index in [2.05, 4.69) is 0 Å². The number of nitro groups is 1. The monoisotopic (exact) mass is 297 g/mol. The lowest BCUT2D eigenvalue weighted by Gasteiger charge is -2.04. The summed E-state index contributed by atoms with van der Waals surface area (Å²) >= 11 is 1.46. The minimum Gasteiger partial charge on any atom is -0.460 e. The van der Waals surface area contributed by atoms with Crippen LogP contribution in [-0.4, -0.2) is 28.2 Å². The smallest absolute Gasteiger partial charge is 0.313 e. The van der Waals surface area contributed by atoms with Gasteiger partial charge in [0.05, 0.1) is 10.7 Å². The third-order valence-corrected chi connectivity index (χ3v) is 3.29. The fourth-order valence-electron chi connectivity index (χ4n) is 1.36. The molecule has 0 heterocycles. The van der Waals surface area contributed by atoms with Gasteiger partial charge in [0.2, 0.25) is 0 Å². The topological polar surface area (TPSA) is 86.5 Å². The zero-order chi connectivity index (χ0) is 15.0. The Bertz CT molecular complexity index is 486. The first-order chi connectivity index (χ1) is 9.52. The summed E-state index contributed by atoms with van der Waals surface area (Å²) in [5.74, 6) is 0.391. The molecule has 0 aliphatic carbocycles. The van der Waals surface area contributed by atoms with Gasteiger partial charge in [-0.05, 0) is 23.4 Å². The Morgan fingerprint density at radius 2 is 1.95 bits per heavy atom. The second kappa shape index (κ2) is 8.31. The number of rotatable bonds is 8. The van der Waals surface area contributed by atoms with Gasteiger partial charge in [0.1, 0.15) is 13.0 Å². The van der Waals surface area contributed by atoms with Crippen LogP contribution in [0.4, 0.5) is 5.69 Å². The van der Waals surface area contributed by atoms with Gasteiger partial charge >= 0.3 is 5.97 Å². The van der Waals surface area contributed by atoms with Gasteiger partial charge in [-0.25, -0.2) is 0 Å². The Morgan fingerprint density at radius 3 is 2.50 bits per heavy atom. The van der Waals surface area contributed by atoms with Crippen LogP contribution >= 0.6 is 11.8 Å². The summed E-state index contributed by atoms with van der Waals surface area (Å²) in [5.41, 5.74) is 0.617. The predicted octanol–water partition coefficient (Wildman–Crippen LogP) is 2.35. The summed E-state index contributed by atoms with van der Waals surface area (Å²) in [6.07, 6.45) is -0.236. The zero-order valence-electron chi connectivity index (χ0n) is 11.0. The first-order valence-corrected chi connectivity index (χ1v) is 7.16. The molecule has 0 aromatic heterocycles. The molecule has 0 radical (unpaired) electrons. The molecule has 0 amide bonds. The average Bonchev–Trinajstić information content (AvgIpc) is 2.43. The van der Waals surface area contributed by atoms with E-state index >= 15 is 0 Å². The van der Waals surface area contributed by atoms with Crippen LogP contribution in [0.2, 0.25) is 0 Å². The molecule has 0 bridgehead atoms. The van der Waals surface area contributed by atoms with Gasteiger partial charge in [-0.2, -0.15) is 11.8 Å². The Balaban J connectivity index is 2.37. The van der Waals surface area contributed by atoms with Crippen molar-refractivity contribution in [3.8, 4) is 0 Å². The maximum absolute atomic E-state index is 11.4. The molecule has 7 heteroatoms. The number of non-ortho nitro benzene ring substituents is 1. The Labute approximate surface area is 120 Å². The van der Waals surface area contributed by atoms with E-state index in [0.717, 1.165) is 5.75 Å². The van der Waals surface area contributed by atoms with E-state index in [9.17, 15) is 19.7 Å². The number of ether oxygens (including phenoxy) is 1. The lowest BCUT2D eigenvalue weighted by Crippen LogP contribution is -2.13. The minimum absolute atomic E-state index is 0.00499. The van der Waals surface area contributed by atoms with Crippen LogP contribution in [0.3, 0.4) is 0 Å². The molecule has 0 aliphatic rings. The van der Waals surface area contributed by atoms with Gasteiger partial charge in [-0.15, -0.1) is 0 Å². The molecule has 6 nitrogen and oxygen atoms in total. The lowest BCUT2D eigenvalue weighted by molar-refractivity contribution is -0.384. The number of thioether (sulfide) groups is 1. The van der Waals surface area contributed by atoms with Crippen molar-refractivity contribution in [1.82, 2.24) is 0 Å². The number of ketones is 1. The fraction of sp³-hybridized carbons (Fsp3) is 0.385. The second-order valence-corrected chi connectivity index (χ2v) is 5.21. The minimum atomic E-state index is -0.579. The molecule has 0 saturated carbocycles. The van der Waals surface area contributed by atoms with Crippen LogP contribution in [0.25, 0.3) is 0 Å².